The van der Waals surface area contributed by atoms with Crippen LogP contribution in [0.3, 0.4) is 0 Å². The summed E-state index contributed by atoms with van der Waals surface area (Å²) >= 11 is 0. The number of benzene rings is 1. The molecule has 0 bridgehead atoms. The molecule has 0 saturated heterocycles. The Hall–Kier alpha value is -2.90. The second-order valence-electron chi connectivity index (χ2n) is 4.12. The molecule has 2 rings (SSSR count). The molecule has 0 atom stereocenters. The van der Waals surface area contributed by atoms with Crippen LogP contribution in [0.1, 0.15) is 19.4 Å². The number of hydrazone groups is 1. The van der Waals surface area contributed by atoms with Crippen LogP contribution < -0.4 is 20.5 Å². The van der Waals surface area contributed by atoms with Crippen LogP contribution in [0.15, 0.2) is 34.3 Å². The van der Waals surface area contributed by atoms with Crippen molar-refractivity contribution in [3.8, 4) is 11.5 Å². The average Bonchev–Trinajstić information content (AvgIpc) is 2.50. The Morgan fingerprint density at radius 3 is 2.86 bits per heavy atom. The standard InChI is InChI=1S/C14H17N5O3/c1-3-21-11-6-5-10(12(7-11)22-4-2)8-15-18-14-17-13(20)9-16-19-14/h5-9H,3-4H2,1-2H3,(H2,17,18,19,20)/b15-8+. The third-order valence-corrected chi connectivity index (χ3v) is 2.54. The topological polar surface area (TPSA) is 101 Å². The minimum atomic E-state index is -0.358. The van der Waals surface area contributed by atoms with Crippen molar-refractivity contribution in [1.82, 2.24) is 15.2 Å². The van der Waals surface area contributed by atoms with Crippen LogP contribution in [0.4, 0.5) is 5.95 Å². The first kappa shape index (κ1) is 15.5. The Morgan fingerprint density at radius 1 is 1.32 bits per heavy atom. The fourth-order valence-corrected chi connectivity index (χ4v) is 1.68. The maximum Gasteiger partial charge on any atom is 0.271 e. The van der Waals surface area contributed by atoms with Gasteiger partial charge in [-0.1, -0.05) is 0 Å². The highest BCUT2D eigenvalue weighted by Gasteiger charge is 2.04. The van der Waals surface area contributed by atoms with Gasteiger partial charge in [0.25, 0.3) is 5.56 Å². The zero-order valence-corrected chi connectivity index (χ0v) is 12.4. The van der Waals surface area contributed by atoms with Gasteiger partial charge in [0, 0.05) is 11.6 Å². The van der Waals surface area contributed by atoms with Gasteiger partial charge in [-0.3, -0.25) is 9.78 Å². The smallest absolute Gasteiger partial charge is 0.271 e. The number of H-pyrrole nitrogens is 1. The van der Waals surface area contributed by atoms with Gasteiger partial charge in [0.1, 0.15) is 17.7 Å². The SMILES string of the molecule is CCOc1ccc(/C=N/Nc2nncc(=O)[nH]2)c(OCC)c1. The van der Waals surface area contributed by atoms with Gasteiger partial charge in [0.15, 0.2) is 0 Å². The second-order valence-corrected chi connectivity index (χ2v) is 4.12. The van der Waals surface area contributed by atoms with Gasteiger partial charge in [0.05, 0.1) is 19.4 Å². The van der Waals surface area contributed by atoms with E-state index in [9.17, 15) is 4.79 Å². The Labute approximate surface area is 127 Å². The lowest BCUT2D eigenvalue weighted by Crippen LogP contribution is -2.10. The van der Waals surface area contributed by atoms with Crippen LogP contribution in [-0.4, -0.2) is 34.6 Å². The van der Waals surface area contributed by atoms with E-state index in [1.807, 2.05) is 26.0 Å². The van der Waals surface area contributed by atoms with Crippen LogP contribution in [0, 0.1) is 0 Å². The Kier molecular flexibility index (Phi) is 5.47. The summed E-state index contributed by atoms with van der Waals surface area (Å²) in [5.41, 5.74) is 3.01. The summed E-state index contributed by atoms with van der Waals surface area (Å²) in [6.45, 7) is 4.93. The Balaban J connectivity index is 2.13. The molecule has 0 aliphatic rings. The highest BCUT2D eigenvalue weighted by molar-refractivity contribution is 5.84. The van der Waals surface area contributed by atoms with Crippen LogP contribution >= 0.6 is 0 Å². The van der Waals surface area contributed by atoms with E-state index < -0.39 is 0 Å². The first-order valence-electron chi connectivity index (χ1n) is 6.83. The van der Waals surface area contributed by atoms with E-state index in [2.05, 4.69) is 25.7 Å². The predicted molar refractivity (Wildman–Crippen MR) is 82.6 cm³/mol. The molecule has 1 aromatic carbocycles. The lowest BCUT2D eigenvalue weighted by atomic mass is 10.2. The highest BCUT2D eigenvalue weighted by Crippen LogP contribution is 2.24. The van der Waals surface area contributed by atoms with E-state index in [0.717, 1.165) is 17.5 Å². The lowest BCUT2D eigenvalue weighted by Gasteiger charge is -2.09. The Morgan fingerprint density at radius 2 is 2.14 bits per heavy atom. The molecule has 8 heteroatoms. The van der Waals surface area contributed by atoms with E-state index in [1.54, 1.807) is 12.3 Å². The second kappa shape index (κ2) is 7.77. The molecule has 0 unspecified atom stereocenters. The number of nitrogens with one attached hydrogen (secondary N) is 2. The molecule has 1 aromatic heterocycles. The van der Waals surface area contributed by atoms with Crippen molar-refractivity contribution in [1.29, 1.82) is 0 Å². The van der Waals surface area contributed by atoms with Gasteiger partial charge < -0.3 is 9.47 Å². The molecule has 1 heterocycles. The summed E-state index contributed by atoms with van der Waals surface area (Å²) in [5, 5.41) is 11.2. The van der Waals surface area contributed by atoms with E-state index in [-0.39, 0.29) is 11.5 Å². The molecule has 0 spiro atoms. The van der Waals surface area contributed by atoms with Crippen LogP contribution in [-0.2, 0) is 0 Å². The van der Waals surface area contributed by atoms with Gasteiger partial charge in [0.2, 0.25) is 5.95 Å². The molecule has 2 aromatic rings. The largest absolute Gasteiger partial charge is 0.494 e. The number of anilines is 1. The highest BCUT2D eigenvalue weighted by atomic mass is 16.5. The maximum atomic E-state index is 11.1. The van der Waals surface area contributed by atoms with E-state index >= 15 is 0 Å². The molecule has 2 N–H and O–H groups in total. The van der Waals surface area contributed by atoms with Crippen molar-refractivity contribution in [2.45, 2.75) is 13.8 Å². The van der Waals surface area contributed by atoms with Crippen molar-refractivity contribution in [3.63, 3.8) is 0 Å². The Bertz CT molecular complexity index is 699. The fraction of sp³-hybridized carbons (Fsp3) is 0.286. The number of hydrogen-bond donors (Lipinski definition) is 2. The van der Waals surface area contributed by atoms with Crippen molar-refractivity contribution in [2.24, 2.45) is 5.10 Å². The molecule has 0 amide bonds. The van der Waals surface area contributed by atoms with Crippen LogP contribution in [0.2, 0.25) is 0 Å². The predicted octanol–water partition coefficient (Wildman–Crippen LogP) is 1.41. The van der Waals surface area contributed by atoms with Crippen molar-refractivity contribution >= 4 is 12.2 Å². The van der Waals surface area contributed by atoms with Crippen molar-refractivity contribution < 1.29 is 9.47 Å². The van der Waals surface area contributed by atoms with E-state index in [4.69, 9.17) is 9.47 Å². The fourth-order valence-electron chi connectivity index (χ4n) is 1.68. The quantitative estimate of drug-likeness (QED) is 0.592. The van der Waals surface area contributed by atoms with Gasteiger partial charge in [-0.25, -0.2) is 5.43 Å². The summed E-state index contributed by atoms with van der Waals surface area (Å²) in [7, 11) is 0. The number of hydrogen-bond acceptors (Lipinski definition) is 7. The third-order valence-electron chi connectivity index (χ3n) is 2.54. The number of aromatic amines is 1. The molecule has 116 valence electrons. The minimum Gasteiger partial charge on any atom is -0.494 e. The monoisotopic (exact) mass is 303 g/mol. The van der Waals surface area contributed by atoms with Crippen LogP contribution in [0.5, 0.6) is 11.5 Å². The van der Waals surface area contributed by atoms with E-state index in [0.29, 0.717) is 19.0 Å². The van der Waals surface area contributed by atoms with Crippen molar-refractivity contribution in [3.05, 3.63) is 40.3 Å². The molecule has 22 heavy (non-hydrogen) atoms. The molecule has 0 saturated carbocycles. The molecule has 0 aliphatic carbocycles. The number of aromatic nitrogens is 3. The first-order chi connectivity index (χ1) is 10.7. The first-order valence-corrected chi connectivity index (χ1v) is 6.83. The number of nitrogens with zero attached hydrogens (tertiary/aromatic N) is 3. The summed E-state index contributed by atoms with van der Waals surface area (Å²) in [4.78, 5) is 13.5. The van der Waals surface area contributed by atoms with Crippen LogP contribution in [0.25, 0.3) is 0 Å². The van der Waals surface area contributed by atoms with Crippen molar-refractivity contribution in [2.75, 3.05) is 18.6 Å². The molecule has 0 radical (unpaired) electrons. The average molecular weight is 303 g/mol. The summed E-state index contributed by atoms with van der Waals surface area (Å²) in [6.07, 6.45) is 2.64. The molecular formula is C14H17N5O3. The number of ether oxygens (including phenoxy) is 2. The van der Waals surface area contributed by atoms with Gasteiger partial charge in [-0.15, -0.1) is 10.2 Å². The number of rotatable bonds is 7. The normalized spacial score (nSPS) is 10.6. The zero-order valence-electron chi connectivity index (χ0n) is 12.4. The zero-order chi connectivity index (χ0) is 15.8. The molecule has 8 nitrogen and oxygen atoms in total. The molecular weight excluding hydrogens is 286 g/mol. The van der Waals surface area contributed by atoms with Gasteiger partial charge in [-0.2, -0.15) is 5.10 Å². The molecule has 0 fully saturated rings. The van der Waals surface area contributed by atoms with E-state index in [1.165, 1.54) is 0 Å². The summed E-state index contributed by atoms with van der Waals surface area (Å²) in [6, 6.07) is 5.47. The summed E-state index contributed by atoms with van der Waals surface area (Å²) < 4.78 is 11.0. The lowest BCUT2D eigenvalue weighted by molar-refractivity contribution is 0.323. The van der Waals surface area contributed by atoms with Gasteiger partial charge in [-0.05, 0) is 26.0 Å². The minimum absolute atomic E-state index is 0.160. The van der Waals surface area contributed by atoms with Gasteiger partial charge >= 0.3 is 0 Å². The maximum absolute atomic E-state index is 11.1. The third kappa shape index (κ3) is 4.30. The summed E-state index contributed by atoms with van der Waals surface area (Å²) in [5.74, 6) is 1.55. The molecule has 0 aliphatic heterocycles.